The van der Waals surface area contributed by atoms with Gasteiger partial charge in [0.05, 0.1) is 0 Å². The van der Waals surface area contributed by atoms with Gasteiger partial charge in [0.25, 0.3) is 0 Å². The highest BCUT2D eigenvalue weighted by Gasteiger charge is 2.23. The Hall–Kier alpha value is -0.770. The van der Waals surface area contributed by atoms with Crippen molar-refractivity contribution in [2.45, 2.75) is 44.8 Å². The van der Waals surface area contributed by atoms with Crippen molar-refractivity contribution in [2.75, 3.05) is 26.2 Å². The molecule has 1 aromatic carbocycles. The molecule has 116 valence electrons. The molecule has 1 N–H and O–H groups in total. The molecule has 0 aliphatic carbocycles. The zero-order valence-electron chi connectivity index (χ0n) is 12.8. The van der Waals surface area contributed by atoms with E-state index in [2.05, 4.69) is 17.1 Å². The van der Waals surface area contributed by atoms with E-state index in [1.54, 1.807) is 0 Å². The quantitative estimate of drug-likeness (QED) is 0.904. The first-order valence-corrected chi connectivity index (χ1v) is 8.49. The van der Waals surface area contributed by atoms with Gasteiger partial charge in [-0.2, -0.15) is 0 Å². The molecule has 1 saturated heterocycles. The van der Waals surface area contributed by atoms with Crippen LogP contribution in [-0.2, 0) is 6.42 Å². The summed E-state index contributed by atoms with van der Waals surface area (Å²) in [5, 5.41) is 4.42. The topological polar surface area (TPSA) is 24.5 Å². The van der Waals surface area contributed by atoms with Gasteiger partial charge in [-0.1, -0.05) is 18.0 Å². The molecule has 2 atom stereocenters. The molecule has 0 spiro atoms. The third-order valence-corrected chi connectivity index (χ3v) is 4.67. The fourth-order valence-electron chi connectivity index (χ4n) is 3.33. The van der Waals surface area contributed by atoms with E-state index in [9.17, 15) is 0 Å². The normalized spacial score (nSPS) is 23.6. The van der Waals surface area contributed by atoms with Crippen LogP contribution in [-0.4, -0.2) is 43.2 Å². The van der Waals surface area contributed by atoms with Crippen LogP contribution in [0.25, 0.3) is 0 Å². The molecular formula is C17H25ClN2O. The lowest BCUT2D eigenvalue weighted by Crippen LogP contribution is -2.44. The van der Waals surface area contributed by atoms with E-state index in [1.807, 2.05) is 18.2 Å². The highest BCUT2D eigenvalue weighted by atomic mass is 35.5. The molecule has 0 amide bonds. The lowest BCUT2D eigenvalue weighted by molar-refractivity contribution is 0.190. The summed E-state index contributed by atoms with van der Waals surface area (Å²) < 4.78 is 5.97. The Morgan fingerprint density at radius 2 is 2.14 bits per heavy atom. The van der Waals surface area contributed by atoms with Gasteiger partial charge in [-0.25, -0.2) is 0 Å². The van der Waals surface area contributed by atoms with Crippen molar-refractivity contribution in [1.29, 1.82) is 0 Å². The number of benzene rings is 1. The molecule has 2 aliphatic rings. The molecule has 1 fully saturated rings. The number of hydrogen-bond acceptors (Lipinski definition) is 3. The number of fused-ring (bicyclic) bond motifs is 1. The molecule has 0 saturated carbocycles. The van der Waals surface area contributed by atoms with E-state index in [1.165, 1.54) is 37.9 Å². The molecule has 2 heterocycles. The summed E-state index contributed by atoms with van der Waals surface area (Å²) in [5.41, 5.74) is 1.23. The maximum atomic E-state index is 6.03. The zero-order valence-corrected chi connectivity index (χ0v) is 13.5. The number of halogens is 1. The molecule has 3 nitrogen and oxygen atoms in total. The smallest absolute Gasteiger partial charge is 0.123 e. The average Bonchev–Trinajstić information content (AvgIpc) is 2.88. The van der Waals surface area contributed by atoms with Crippen LogP contribution in [0.2, 0.25) is 5.02 Å². The van der Waals surface area contributed by atoms with Crippen molar-refractivity contribution in [1.82, 2.24) is 10.2 Å². The molecule has 21 heavy (non-hydrogen) atoms. The van der Waals surface area contributed by atoms with Gasteiger partial charge in [0, 0.05) is 30.6 Å². The fraction of sp³-hybridized carbons (Fsp3) is 0.647. The highest BCUT2D eigenvalue weighted by Crippen LogP contribution is 2.30. The molecule has 0 radical (unpaired) electrons. The van der Waals surface area contributed by atoms with Crippen LogP contribution in [0.3, 0.4) is 0 Å². The van der Waals surface area contributed by atoms with Crippen LogP contribution in [0.1, 0.15) is 31.7 Å². The zero-order chi connectivity index (χ0) is 14.7. The fourth-order valence-corrected chi connectivity index (χ4v) is 3.52. The number of rotatable bonds is 5. The van der Waals surface area contributed by atoms with Gasteiger partial charge in [-0.15, -0.1) is 0 Å². The first kappa shape index (κ1) is 15.1. The maximum Gasteiger partial charge on any atom is 0.123 e. The van der Waals surface area contributed by atoms with Crippen LogP contribution in [0.5, 0.6) is 5.75 Å². The SMILES string of the molecule is CC(CN1CCCCC1)NCC1Cc2cc(Cl)ccc2O1. The molecule has 3 rings (SSSR count). The van der Waals surface area contributed by atoms with Crippen molar-refractivity contribution in [3.63, 3.8) is 0 Å². The van der Waals surface area contributed by atoms with Gasteiger partial charge >= 0.3 is 0 Å². The van der Waals surface area contributed by atoms with E-state index < -0.39 is 0 Å². The Balaban J connectivity index is 1.42. The van der Waals surface area contributed by atoms with E-state index >= 15 is 0 Å². The van der Waals surface area contributed by atoms with Crippen molar-refractivity contribution >= 4 is 11.6 Å². The van der Waals surface area contributed by atoms with Crippen molar-refractivity contribution in [3.05, 3.63) is 28.8 Å². The second-order valence-electron chi connectivity index (χ2n) is 6.37. The predicted molar refractivity (Wildman–Crippen MR) is 87.3 cm³/mol. The molecular weight excluding hydrogens is 284 g/mol. The monoisotopic (exact) mass is 308 g/mol. The van der Waals surface area contributed by atoms with E-state index in [0.29, 0.717) is 6.04 Å². The van der Waals surface area contributed by atoms with Crippen molar-refractivity contribution in [3.8, 4) is 5.75 Å². The average molecular weight is 309 g/mol. The number of hydrogen-bond donors (Lipinski definition) is 1. The number of nitrogens with one attached hydrogen (secondary N) is 1. The Morgan fingerprint density at radius 1 is 1.33 bits per heavy atom. The first-order valence-electron chi connectivity index (χ1n) is 8.11. The summed E-state index contributed by atoms with van der Waals surface area (Å²) in [6, 6.07) is 6.41. The van der Waals surface area contributed by atoms with Gasteiger partial charge < -0.3 is 15.0 Å². The van der Waals surface area contributed by atoms with Crippen molar-refractivity contribution < 1.29 is 4.74 Å². The van der Waals surface area contributed by atoms with Crippen molar-refractivity contribution in [2.24, 2.45) is 0 Å². The Bertz CT molecular complexity index is 474. The molecule has 0 bridgehead atoms. The number of piperidine rings is 1. The summed E-state index contributed by atoms with van der Waals surface area (Å²) in [7, 11) is 0. The lowest BCUT2D eigenvalue weighted by atomic mass is 10.1. The van der Waals surface area contributed by atoms with Gasteiger partial charge in [0.2, 0.25) is 0 Å². The molecule has 1 aromatic rings. The molecule has 2 aliphatic heterocycles. The lowest BCUT2D eigenvalue weighted by Gasteiger charge is -2.29. The number of nitrogens with zero attached hydrogens (tertiary/aromatic N) is 1. The minimum Gasteiger partial charge on any atom is -0.488 e. The Kier molecular flexibility index (Phi) is 5.04. The predicted octanol–water partition coefficient (Wildman–Crippen LogP) is 3.11. The Labute approximate surface area is 132 Å². The number of ether oxygens (including phenoxy) is 1. The van der Waals surface area contributed by atoms with Crippen LogP contribution in [0.15, 0.2) is 18.2 Å². The number of likely N-dealkylation sites (tertiary alicyclic amines) is 1. The summed E-state index contributed by atoms with van der Waals surface area (Å²) >= 11 is 6.03. The van der Waals surface area contributed by atoms with Crippen LogP contribution >= 0.6 is 11.6 Å². The van der Waals surface area contributed by atoms with E-state index in [-0.39, 0.29) is 6.10 Å². The second kappa shape index (κ2) is 6.99. The third-order valence-electron chi connectivity index (χ3n) is 4.44. The van der Waals surface area contributed by atoms with Gasteiger partial charge in [0.15, 0.2) is 0 Å². The first-order chi connectivity index (χ1) is 10.2. The van der Waals surface area contributed by atoms with Gasteiger partial charge in [0.1, 0.15) is 11.9 Å². The maximum absolute atomic E-state index is 6.03. The third kappa shape index (κ3) is 4.12. The molecule has 0 aromatic heterocycles. The molecule has 4 heteroatoms. The van der Waals surface area contributed by atoms with Crippen LogP contribution < -0.4 is 10.1 Å². The molecule has 2 unspecified atom stereocenters. The minimum absolute atomic E-state index is 0.238. The Morgan fingerprint density at radius 3 is 2.95 bits per heavy atom. The summed E-state index contributed by atoms with van der Waals surface area (Å²) in [4.78, 5) is 2.57. The minimum atomic E-state index is 0.238. The van der Waals surface area contributed by atoms with Crippen LogP contribution in [0.4, 0.5) is 0 Å². The van der Waals surface area contributed by atoms with Crippen LogP contribution in [0, 0.1) is 0 Å². The highest BCUT2D eigenvalue weighted by molar-refractivity contribution is 6.30. The second-order valence-corrected chi connectivity index (χ2v) is 6.80. The van der Waals surface area contributed by atoms with E-state index in [0.717, 1.165) is 30.3 Å². The summed E-state index contributed by atoms with van der Waals surface area (Å²) in [5.74, 6) is 0.995. The standard InChI is InChI=1S/C17H25ClN2O/c1-13(12-20-7-3-2-4-8-20)19-11-16-10-14-9-15(18)5-6-17(14)21-16/h5-6,9,13,16,19H,2-4,7-8,10-12H2,1H3. The van der Waals surface area contributed by atoms with Gasteiger partial charge in [-0.05, 0) is 56.6 Å². The summed E-state index contributed by atoms with van der Waals surface area (Å²) in [6.07, 6.45) is 5.31. The van der Waals surface area contributed by atoms with Gasteiger partial charge in [-0.3, -0.25) is 0 Å². The van der Waals surface area contributed by atoms with E-state index in [4.69, 9.17) is 16.3 Å². The largest absolute Gasteiger partial charge is 0.488 e. The summed E-state index contributed by atoms with van der Waals surface area (Å²) in [6.45, 7) is 6.84.